The van der Waals surface area contributed by atoms with Crippen LogP contribution in [0.15, 0.2) is 83.3 Å². The highest BCUT2D eigenvalue weighted by Gasteiger charge is 2.34. The number of carbonyl (C=O) groups excluding carboxylic acids is 2. The van der Waals surface area contributed by atoms with E-state index < -0.39 is 28.5 Å². The van der Waals surface area contributed by atoms with Crippen LogP contribution in [0.3, 0.4) is 0 Å². The van der Waals surface area contributed by atoms with Crippen molar-refractivity contribution in [2.75, 3.05) is 17.1 Å². The second-order valence-electron chi connectivity index (χ2n) is 10.4. The highest BCUT2D eigenvalue weighted by Crippen LogP contribution is 2.24. The largest absolute Gasteiger partial charge is 0.352 e. The third kappa shape index (κ3) is 7.95. The molecule has 0 saturated heterocycles. The summed E-state index contributed by atoms with van der Waals surface area (Å²) in [7, 11) is -3.79. The third-order valence-corrected chi connectivity index (χ3v) is 8.90. The minimum absolute atomic E-state index is 0.0769. The predicted molar refractivity (Wildman–Crippen MR) is 162 cm³/mol. The Morgan fingerprint density at radius 1 is 0.950 bits per heavy atom. The van der Waals surface area contributed by atoms with Gasteiger partial charge < -0.3 is 10.2 Å². The number of benzene rings is 3. The molecule has 1 aliphatic carbocycles. The Bertz CT molecular complexity index is 1430. The number of anilines is 1. The lowest BCUT2D eigenvalue weighted by molar-refractivity contribution is -0.140. The van der Waals surface area contributed by atoms with E-state index in [9.17, 15) is 18.0 Å². The van der Waals surface area contributed by atoms with Gasteiger partial charge in [0.1, 0.15) is 12.6 Å². The quantitative estimate of drug-likeness (QED) is 0.316. The average molecular weight is 627 g/mol. The van der Waals surface area contributed by atoms with E-state index in [0.29, 0.717) is 12.1 Å². The maximum absolute atomic E-state index is 14.2. The third-order valence-electron chi connectivity index (χ3n) is 7.28. The molecule has 3 aromatic carbocycles. The number of sulfonamides is 1. The highest BCUT2D eigenvalue weighted by molar-refractivity contribution is 9.10. The van der Waals surface area contributed by atoms with Gasteiger partial charge in [-0.05, 0) is 54.7 Å². The van der Waals surface area contributed by atoms with Crippen LogP contribution in [0.4, 0.5) is 5.69 Å². The minimum atomic E-state index is -3.79. The second-order valence-corrected chi connectivity index (χ2v) is 13.2. The van der Waals surface area contributed by atoms with Gasteiger partial charge in [-0.25, -0.2) is 8.42 Å². The summed E-state index contributed by atoms with van der Waals surface area (Å²) in [6.07, 6.45) is 5.36. The van der Waals surface area contributed by atoms with Crippen LogP contribution < -0.4 is 9.62 Å². The molecule has 0 unspecified atom stereocenters. The molecule has 1 N–H and O–H groups in total. The Morgan fingerprint density at radius 2 is 1.60 bits per heavy atom. The van der Waals surface area contributed by atoms with Crippen molar-refractivity contribution in [3.8, 4) is 0 Å². The molecular weight excluding hydrogens is 590 g/mol. The van der Waals surface area contributed by atoms with Crippen LogP contribution >= 0.6 is 15.9 Å². The zero-order chi connectivity index (χ0) is 28.7. The fraction of sp³-hybridized carbons (Fsp3) is 0.355. The van der Waals surface area contributed by atoms with E-state index in [4.69, 9.17) is 0 Å². The number of amides is 2. The summed E-state index contributed by atoms with van der Waals surface area (Å²) in [5.41, 5.74) is 2.92. The van der Waals surface area contributed by atoms with Gasteiger partial charge in [0.2, 0.25) is 21.8 Å². The average Bonchev–Trinajstić information content (AvgIpc) is 3.43. The summed E-state index contributed by atoms with van der Waals surface area (Å²) < 4.78 is 27.9. The molecule has 0 radical (unpaired) electrons. The molecule has 0 aliphatic heterocycles. The fourth-order valence-electron chi connectivity index (χ4n) is 5.19. The molecule has 0 bridgehead atoms. The van der Waals surface area contributed by atoms with E-state index in [1.54, 1.807) is 12.1 Å². The molecular formula is C31H36BrN3O4S. The number of carbonyl (C=O) groups is 2. The van der Waals surface area contributed by atoms with Crippen molar-refractivity contribution in [2.45, 2.75) is 57.7 Å². The summed E-state index contributed by atoms with van der Waals surface area (Å²) in [5, 5.41) is 3.18. The number of hydrogen-bond donors (Lipinski definition) is 1. The standard InChI is InChI=1S/C31H36BrN3O4S/c1-23-11-6-9-18-28(23)35(40(2,38)39)22-30(36)34(21-25-14-10-15-26(32)19-25)29(20-24-12-4-3-5-13-24)31(37)33-27-16-7-8-17-27/h3-6,9-15,18-19,27,29H,7-8,16-17,20-22H2,1-2H3,(H,33,37)/t29-/m0/s1. The maximum Gasteiger partial charge on any atom is 0.244 e. The van der Waals surface area contributed by atoms with Crippen molar-refractivity contribution >= 4 is 43.5 Å². The smallest absolute Gasteiger partial charge is 0.244 e. The van der Waals surface area contributed by atoms with Gasteiger partial charge in [-0.3, -0.25) is 13.9 Å². The molecule has 9 heteroatoms. The molecule has 0 heterocycles. The van der Waals surface area contributed by atoms with Gasteiger partial charge in [-0.15, -0.1) is 0 Å². The van der Waals surface area contributed by atoms with E-state index in [2.05, 4.69) is 21.2 Å². The van der Waals surface area contributed by atoms with Crippen molar-refractivity contribution in [2.24, 2.45) is 0 Å². The van der Waals surface area contributed by atoms with Gasteiger partial charge in [0.05, 0.1) is 11.9 Å². The predicted octanol–water partition coefficient (Wildman–Crippen LogP) is 5.22. The molecule has 1 fully saturated rings. The molecule has 0 aromatic heterocycles. The Balaban J connectivity index is 1.73. The Labute approximate surface area is 245 Å². The van der Waals surface area contributed by atoms with Crippen LogP contribution in [-0.4, -0.2) is 50.0 Å². The normalized spacial score (nSPS) is 14.5. The molecule has 1 saturated carbocycles. The lowest BCUT2D eigenvalue weighted by Crippen LogP contribution is -2.54. The van der Waals surface area contributed by atoms with Gasteiger partial charge in [-0.1, -0.05) is 89.4 Å². The van der Waals surface area contributed by atoms with Crippen molar-refractivity contribution in [1.82, 2.24) is 10.2 Å². The molecule has 4 rings (SSSR count). The number of aryl methyl sites for hydroxylation is 1. The summed E-state index contributed by atoms with van der Waals surface area (Å²) in [6, 6.07) is 23.5. The van der Waals surface area contributed by atoms with Crippen LogP contribution in [-0.2, 0) is 32.6 Å². The van der Waals surface area contributed by atoms with Gasteiger partial charge in [0.15, 0.2) is 0 Å². The Hall–Kier alpha value is -3.17. The molecule has 0 spiro atoms. The lowest BCUT2D eigenvalue weighted by Gasteiger charge is -2.34. The first kappa shape index (κ1) is 29.8. The fourth-order valence-corrected chi connectivity index (χ4v) is 6.55. The van der Waals surface area contributed by atoms with Crippen LogP contribution in [0.25, 0.3) is 0 Å². The molecule has 1 atom stereocenters. The molecule has 7 nitrogen and oxygen atoms in total. The Kier molecular flexibility index (Phi) is 10.0. The topological polar surface area (TPSA) is 86.8 Å². The van der Waals surface area contributed by atoms with Gasteiger partial charge in [0, 0.05) is 23.5 Å². The summed E-state index contributed by atoms with van der Waals surface area (Å²) in [5.74, 6) is -0.669. The SMILES string of the molecule is Cc1ccccc1N(CC(=O)N(Cc1cccc(Br)c1)[C@@H](Cc1ccccc1)C(=O)NC1CCCC1)S(C)(=O)=O. The maximum atomic E-state index is 14.2. The zero-order valence-corrected chi connectivity index (χ0v) is 25.3. The number of halogens is 1. The summed E-state index contributed by atoms with van der Waals surface area (Å²) in [6.45, 7) is 1.55. The van der Waals surface area contributed by atoms with Gasteiger partial charge >= 0.3 is 0 Å². The van der Waals surface area contributed by atoms with E-state index in [0.717, 1.165) is 57.4 Å². The number of nitrogens with one attached hydrogen (secondary N) is 1. The van der Waals surface area contributed by atoms with Crippen LogP contribution in [0, 0.1) is 6.92 Å². The molecule has 1 aliphatic rings. The van der Waals surface area contributed by atoms with Gasteiger partial charge in [-0.2, -0.15) is 0 Å². The van der Waals surface area contributed by atoms with Crippen LogP contribution in [0.2, 0.25) is 0 Å². The van der Waals surface area contributed by atoms with E-state index >= 15 is 0 Å². The summed E-state index contributed by atoms with van der Waals surface area (Å²) >= 11 is 3.50. The molecule has 40 heavy (non-hydrogen) atoms. The van der Waals surface area contributed by atoms with Crippen molar-refractivity contribution in [1.29, 1.82) is 0 Å². The second kappa shape index (κ2) is 13.5. The summed E-state index contributed by atoms with van der Waals surface area (Å²) in [4.78, 5) is 29.6. The van der Waals surface area contributed by atoms with Crippen molar-refractivity contribution < 1.29 is 18.0 Å². The first-order valence-electron chi connectivity index (χ1n) is 13.5. The van der Waals surface area contributed by atoms with E-state index in [-0.39, 0.29) is 18.5 Å². The van der Waals surface area contributed by atoms with E-state index in [1.165, 1.54) is 4.90 Å². The highest BCUT2D eigenvalue weighted by atomic mass is 79.9. The van der Waals surface area contributed by atoms with Gasteiger partial charge in [0.25, 0.3) is 0 Å². The first-order chi connectivity index (χ1) is 19.1. The molecule has 2 amide bonds. The number of hydrogen-bond acceptors (Lipinski definition) is 4. The number of para-hydroxylation sites is 1. The van der Waals surface area contributed by atoms with Crippen LogP contribution in [0.5, 0.6) is 0 Å². The zero-order valence-electron chi connectivity index (χ0n) is 22.9. The van der Waals surface area contributed by atoms with Crippen LogP contribution in [0.1, 0.15) is 42.4 Å². The first-order valence-corrected chi connectivity index (χ1v) is 16.2. The Morgan fingerprint density at radius 3 is 2.25 bits per heavy atom. The van der Waals surface area contributed by atoms with Crippen molar-refractivity contribution in [3.63, 3.8) is 0 Å². The number of nitrogens with zero attached hydrogens (tertiary/aromatic N) is 2. The molecule has 212 valence electrons. The minimum Gasteiger partial charge on any atom is -0.352 e. The molecule has 3 aromatic rings. The van der Waals surface area contributed by atoms with Crippen molar-refractivity contribution in [3.05, 3.63) is 100 Å². The van der Waals surface area contributed by atoms with E-state index in [1.807, 2.05) is 73.7 Å². The lowest BCUT2D eigenvalue weighted by atomic mass is 10.0. The number of rotatable bonds is 11. The monoisotopic (exact) mass is 625 g/mol.